The largest absolute Gasteiger partial charge is 0.252 e. The van der Waals surface area contributed by atoms with Crippen LogP contribution in [0.5, 0.6) is 0 Å². The van der Waals surface area contributed by atoms with Gasteiger partial charge in [-0.15, -0.1) is 0 Å². The van der Waals surface area contributed by atoms with E-state index in [1.165, 1.54) is 21.5 Å². The first-order valence-electron chi connectivity index (χ1n) is 7.60. The molecule has 0 atom stereocenters. The Bertz CT molecular complexity index is 772. The number of hydrogen-bond acceptors (Lipinski definition) is 0. The molecule has 3 rings (SSSR count). The molecule has 0 bridgehead atoms. The van der Waals surface area contributed by atoms with Gasteiger partial charge in [0.05, 0.1) is 0 Å². The first kappa shape index (κ1) is 18.3. The monoisotopic (exact) mass is 525 g/mol. The zero-order valence-corrected chi connectivity index (χ0v) is 18.8. The van der Waals surface area contributed by atoms with Gasteiger partial charge in [0.25, 0.3) is 1.88 Å². The van der Waals surface area contributed by atoms with Crippen molar-refractivity contribution in [3.05, 3.63) is 90.5 Å². The summed E-state index contributed by atoms with van der Waals surface area (Å²) in [7, 11) is -2.01. The number of alkyl halides is 3. The maximum atomic E-state index is 3.92. The second-order valence-corrected chi connectivity index (χ2v) is 17.8. The van der Waals surface area contributed by atoms with E-state index in [2.05, 4.69) is 140 Å². The fourth-order valence-electron chi connectivity index (χ4n) is 3.03. The lowest BCUT2D eigenvalue weighted by Crippen LogP contribution is -2.38. The lowest BCUT2D eigenvalue weighted by molar-refractivity contribution is 1.49. The quantitative estimate of drug-likeness (QED) is 0.286. The Kier molecular flexibility index (Phi) is 5.66. The summed E-state index contributed by atoms with van der Waals surface area (Å²) in [5.41, 5.74) is 1.26. The number of rotatable bonds is 3. The summed E-state index contributed by atoms with van der Waals surface area (Å²) in [5, 5.41) is 3.95. The Morgan fingerprint density at radius 3 is 1.50 bits per heavy atom. The topological polar surface area (TPSA) is 0 Å². The average Bonchev–Trinajstić information content (AvgIpc) is 2.56. The molecule has 0 aliphatic heterocycles. The van der Waals surface area contributed by atoms with Crippen LogP contribution in [0.3, 0.4) is 0 Å². The van der Waals surface area contributed by atoms with Crippen molar-refractivity contribution in [3.63, 3.8) is 0 Å². The fraction of sp³-hybridized carbons (Fsp3) is 0.100. The van der Waals surface area contributed by atoms with E-state index >= 15 is 0 Å². The summed E-state index contributed by atoms with van der Waals surface area (Å²) in [6.45, 7) is 2.15. The highest BCUT2D eigenvalue weighted by Crippen LogP contribution is 2.74. The summed E-state index contributed by atoms with van der Waals surface area (Å²) in [6, 6.07) is 30.3. The van der Waals surface area contributed by atoms with E-state index in [-0.39, 0.29) is 0 Å². The van der Waals surface area contributed by atoms with E-state index in [0.717, 1.165) is 0 Å². The predicted molar refractivity (Wildman–Crippen MR) is 119 cm³/mol. The molecule has 0 fully saturated rings. The zero-order chi connectivity index (χ0) is 17.2. The van der Waals surface area contributed by atoms with Crippen molar-refractivity contribution < 1.29 is 0 Å². The molecule has 0 aliphatic carbocycles. The van der Waals surface area contributed by atoms with E-state index in [4.69, 9.17) is 0 Å². The molecule has 0 amide bonds. The van der Waals surface area contributed by atoms with E-state index in [1.54, 1.807) is 0 Å². The van der Waals surface area contributed by atoms with Crippen LogP contribution in [-0.2, 0) is 0 Å². The molecule has 122 valence electrons. The second kappa shape index (κ2) is 7.41. The van der Waals surface area contributed by atoms with E-state index in [1.807, 2.05) is 0 Å². The lowest BCUT2D eigenvalue weighted by Gasteiger charge is -2.34. The minimum atomic E-state index is -2.01. The van der Waals surface area contributed by atoms with Crippen LogP contribution >= 0.6 is 55.1 Å². The van der Waals surface area contributed by atoms with Crippen molar-refractivity contribution in [1.82, 2.24) is 0 Å². The molecule has 0 saturated heterocycles. The van der Waals surface area contributed by atoms with Gasteiger partial charge >= 0.3 is 0 Å². The van der Waals surface area contributed by atoms with Gasteiger partial charge in [-0.05, 0) is 96.7 Å². The number of aryl methyl sites for hydroxylation is 1. The van der Waals surface area contributed by atoms with Crippen LogP contribution in [0.2, 0.25) is 0 Å². The van der Waals surface area contributed by atoms with Crippen molar-refractivity contribution in [3.8, 4) is 0 Å². The molecule has 3 aromatic carbocycles. The van der Waals surface area contributed by atoms with Crippen LogP contribution in [0.1, 0.15) is 5.56 Å². The molecular formula is C20H17Br3P+. The summed E-state index contributed by atoms with van der Waals surface area (Å²) >= 11 is 11.8. The summed E-state index contributed by atoms with van der Waals surface area (Å²) in [4.78, 5) is 0. The molecular weight excluding hydrogens is 511 g/mol. The molecule has 4 heteroatoms. The molecule has 0 spiro atoms. The van der Waals surface area contributed by atoms with Crippen molar-refractivity contribution in [2.45, 2.75) is 8.81 Å². The molecule has 24 heavy (non-hydrogen) atoms. The second-order valence-electron chi connectivity index (χ2n) is 5.65. The minimum absolute atomic E-state index is 0.434. The Balaban J connectivity index is 2.43. The Morgan fingerprint density at radius 1 is 0.625 bits per heavy atom. The summed E-state index contributed by atoms with van der Waals surface area (Å²) < 4.78 is -0.434. The molecule has 0 nitrogen and oxygen atoms in total. The molecule has 0 aromatic heterocycles. The first-order valence-corrected chi connectivity index (χ1v) is 11.8. The molecule has 0 aliphatic rings. The minimum Gasteiger partial charge on any atom is -0.0620 e. The van der Waals surface area contributed by atoms with Crippen LogP contribution in [0.4, 0.5) is 0 Å². The summed E-state index contributed by atoms with van der Waals surface area (Å²) in [5.74, 6) is 0. The van der Waals surface area contributed by atoms with Crippen LogP contribution in [0.25, 0.3) is 0 Å². The number of hydrogen-bond donors (Lipinski definition) is 0. The van der Waals surface area contributed by atoms with Gasteiger partial charge in [0, 0.05) is 0 Å². The zero-order valence-electron chi connectivity index (χ0n) is 13.2. The molecule has 3 aromatic rings. The van der Waals surface area contributed by atoms with Gasteiger partial charge in [-0.3, -0.25) is 0 Å². The van der Waals surface area contributed by atoms with Crippen LogP contribution in [0.15, 0.2) is 84.9 Å². The average molecular weight is 528 g/mol. The van der Waals surface area contributed by atoms with Crippen molar-refractivity contribution >= 4 is 71.0 Å². The third-order valence-electron chi connectivity index (χ3n) is 4.06. The Labute approximate surface area is 169 Å². The highest BCUT2D eigenvalue weighted by atomic mass is 80.0. The lowest BCUT2D eigenvalue weighted by atomic mass is 10.2. The van der Waals surface area contributed by atoms with Crippen LogP contribution < -0.4 is 15.9 Å². The maximum absolute atomic E-state index is 3.92. The van der Waals surface area contributed by atoms with Crippen molar-refractivity contribution in [1.29, 1.82) is 0 Å². The van der Waals surface area contributed by atoms with E-state index < -0.39 is 9.15 Å². The number of benzene rings is 3. The normalized spacial score (nSPS) is 12.2. The first-order chi connectivity index (χ1) is 11.5. The van der Waals surface area contributed by atoms with Gasteiger partial charge in [0.1, 0.15) is 15.9 Å². The van der Waals surface area contributed by atoms with Gasteiger partial charge in [0.15, 0.2) is 7.26 Å². The Morgan fingerprint density at radius 2 is 1.08 bits per heavy atom. The van der Waals surface area contributed by atoms with Gasteiger partial charge in [-0.25, -0.2) is 0 Å². The highest BCUT2D eigenvalue weighted by Gasteiger charge is 2.59. The van der Waals surface area contributed by atoms with E-state index in [0.29, 0.717) is 0 Å². The standard InChI is InChI=1S/C20H17Br3P/c1-16-9-8-14-19(15-16)24(20(21,22)23,17-10-4-2-5-11-17)18-12-6-3-7-13-18/h2-15H,1H3/q+1. The van der Waals surface area contributed by atoms with Gasteiger partial charge in [0.2, 0.25) is 0 Å². The smallest absolute Gasteiger partial charge is 0.0620 e. The summed E-state index contributed by atoms with van der Waals surface area (Å²) in [6.07, 6.45) is 0. The SMILES string of the molecule is Cc1cccc([P+](c2ccccc2)(c2ccccc2)C(Br)(Br)Br)c1. The number of halogens is 3. The molecule has 0 saturated carbocycles. The maximum Gasteiger partial charge on any atom is 0.252 e. The third-order valence-corrected chi connectivity index (χ3v) is 12.8. The third kappa shape index (κ3) is 3.29. The Hall–Kier alpha value is -0.470. The van der Waals surface area contributed by atoms with Crippen molar-refractivity contribution in [2.24, 2.45) is 0 Å². The molecule has 0 radical (unpaired) electrons. The van der Waals surface area contributed by atoms with Crippen LogP contribution in [-0.4, -0.2) is 1.88 Å². The molecule has 0 N–H and O–H groups in total. The van der Waals surface area contributed by atoms with Gasteiger partial charge in [-0.2, -0.15) is 0 Å². The van der Waals surface area contributed by atoms with E-state index in [9.17, 15) is 0 Å². The predicted octanol–water partition coefficient (Wildman–Crippen LogP) is 6.08. The fourth-order valence-corrected chi connectivity index (χ4v) is 12.3. The van der Waals surface area contributed by atoms with Gasteiger partial charge in [-0.1, -0.05) is 48.5 Å². The van der Waals surface area contributed by atoms with Crippen molar-refractivity contribution in [2.75, 3.05) is 0 Å². The molecule has 0 heterocycles. The molecule has 0 unspecified atom stereocenters. The highest BCUT2D eigenvalue weighted by molar-refractivity contribution is 9.42. The van der Waals surface area contributed by atoms with Crippen LogP contribution in [0, 0.1) is 6.92 Å². The van der Waals surface area contributed by atoms with Gasteiger partial charge < -0.3 is 0 Å².